The normalized spacial score (nSPS) is 11.5. The first-order chi connectivity index (χ1) is 9.76. The molecule has 0 saturated carbocycles. The van der Waals surface area contributed by atoms with Gasteiger partial charge in [-0.2, -0.15) is 14.9 Å². The van der Waals surface area contributed by atoms with Crippen LogP contribution in [0.5, 0.6) is 5.75 Å². The molecule has 0 atom stereocenters. The number of methoxy groups -OCH3 is 1. The third kappa shape index (κ3) is 3.21. The Kier molecular flexibility index (Phi) is 4.84. The molecule has 5 nitrogen and oxygen atoms in total. The van der Waals surface area contributed by atoms with Gasteiger partial charge in [0.1, 0.15) is 5.75 Å². The minimum atomic E-state index is 0.490. The first-order valence-corrected chi connectivity index (χ1v) is 6.67. The maximum absolute atomic E-state index is 5.27. The van der Waals surface area contributed by atoms with E-state index < -0.39 is 0 Å². The van der Waals surface area contributed by atoms with Crippen LogP contribution >= 0.6 is 12.2 Å². The fraction of sp³-hybridized carbons (Fsp3) is 0.214. The molecule has 1 N–H and O–H groups in total. The van der Waals surface area contributed by atoms with E-state index in [-0.39, 0.29) is 0 Å². The fourth-order valence-electron chi connectivity index (χ4n) is 1.73. The van der Waals surface area contributed by atoms with Gasteiger partial charge in [-0.25, -0.2) is 0 Å². The van der Waals surface area contributed by atoms with Gasteiger partial charge in [-0.05, 0) is 30.4 Å². The minimum absolute atomic E-state index is 0.490. The lowest BCUT2D eigenvalue weighted by molar-refractivity contribution is 0.414. The molecule has 0 aliphatic rings. The summed E-state index contributed by atoms with van der Waals surface area (Å²) in [4.78, 5) is 0. The summed E-state index contributed by atoms with van der Waals surface area (Å²) in [6, 6.07) is 7.78. The standard InChI is InChI=1S/C14H16N4OS/c1-3-13-16-17-14(20)18(13)15-10-6-8-11-7-4-5-9-12(11)19-2/h4-10H,3H2,1-2H3,(H,17,20)/b8-6+,15-10+. The van der Waals surface area contributed by atoms with Gasteiger partial charge in [-0.15, -0.1) is 0 Å². The maximum atomic E-state index is 5.27. The summed E-state index contributed by atoms with van der Waals surface area (Å²) >= 11 is 5.11. The van der Waals surface area contributed by atoms with E-state index in [1.807, 2.05) is 43.3 Å². The van der Waals surface area contributed by atoms with Crippen LogP contribution in [-0.2, 0) is 6.42 Å². The quantitative estimate of drug-likeness (QED) is 0.679. The van der Waals surface area contributed by atoms with E-state index in [2.05, 4.69) is 15.3 Å². The van der Waals surface area contributed by atoms with Crippen LogP contribution in [0.4, 0.5) is 0 Å². The second-order valence-electron chi connectivity index (χ2n) is 3.98. The molecule has 0 bridgehead atoms. The van der Waals surface area contributed by atoms with Crippen LogP contribution in [-0.4, -0.2) is 28.2 Å². The number of nitrogens with one attached hydrogen (secondary N) is 1. The summed E-state index contributed by atoms with van der Waals surface area (Å²) < 4.78 is 7.37. The van der Waals surface area contributed by atoms with Crippen LogP contribution in [0.15, 0.2) is 35.4 Å². The Balaban J connectivity index is 2.15. The Morgan fingerprint density at radius 2 is 2.25 bits per heavy atom. The summed E-state index contributed by atoms with van der Waals surface area (Å²) in [5.41, 5.74) is 0.993. The van der Waals surface area contributed by atoms with Crippen molar-refractivity contribution in [2.75, 3.05) is 7.11 Å². The van der Waals surface area contributed by atoms with Crippen molar-refractivity contribution >= 4 is 24.5 Å². The zero-order valence-corrected chi connectivity index (χ0v) is 12.2. The van der Waals surface area contributed by atoms with E-state index in [9.17, 15) is 0 Å². The molecule has 0 fully saturated rings. The highest BCUT2D eigenvalue weighted by Gasteiger charge is 2.00. The molecule has 0 aliphatic carbocycles. The number of H-pyrrole nitrogens is 1. The van der Waals surface area contributed by atoms with E-state index in [0.717, 1.165) is 23.6 Å². The van der Waals surface area contributed by atoms with Gasteiger partial charge in [-0.3, -0.25) is 5.10 Å². The second kappa shape index (κ2) is 6.81. The van der Waals surface area contributed by atoms with Crippen molar-refractivity contribution in [2.45, 2.75) is 13.3 Å². The number of aryl methyl sites for hydroxylation is 1. The molecule has 1 aromatic heterocycles. The second-order valence-corrected chi connectivity index (χ2v) is 4.36. The SMILES string of the molecule is CCc1n[nH]c(=S)n1/N=C/C=C/c1ccccc1OC. The zero-order chi connectivity index (χ0) is 14.4. The zero-order valence-electron chi connectivity index (χ0n) is 11.4. The van der Waals surface area contributed by atoms with Crippen molar-refractivity contribution < 1.29 is 4.74 Å². The average Bonchev–Trinajstić information content (AvgIpc) is 2.84. The molecule has 0 saturated heterocycles. The number of aromatic amines is 1. The maximum Gasteiger partial charge on any atom is 0.216 e. The van der Waals surface area contributed by atoms with Crippen molar-refractivity contribution in [3.63, 3.8) is 0 Å². The summed E-state index contributed by atoms with van der Waals surface area (Å²) in [6.07, 6.45) is 6.21. The Hall–Kier alpha value is -2.21. The van der Waals surface area contributed by atoms with Crippen molar-refractivity contribution in [1.29, 1.82) is 0 Å². The minimum Gasteiger partial charge on any atom is -0.496 e. The average molecular weight is 288 g/mol. The van der Waals surface area contributed by atoms with Crippen LogP contribution in [0.25, 0.3) is 6.08 Å². The van der Waals surface area contributed by atoms with E-state index in [0.29, 0.717) is 4.77 Å². The lowest BCUT2D eigenvalue weighted by Gasteiger charge is -2.02. The highest BCUT2D eigenvalue weighted by atomic mass is 32.1. The van der Waals surface area contributed by atoms with Crippen molar-refractivity contribution in [3.8, 4) is 5.75 Å². The Labute approximate surface area is 122 Å². The highest BCUT2D eigenvalue weighted by molar-refractivity contribution is 7.71. The highest BCUT2D eigenvalue weighted by Crippen LogP contribution is 2.18. The lowest BCUT2D eigenvalue weighted by Crippen LogP contribution is -1.96. The van der Waals surface area contributed by atoms with Gasteiger partial charge in [0.15, 0.2) is 5.82 Å². The number of ether oxygens (including phenoxy) is 1. The van der Waals surface area contributed by atoms with Crippen LogP contribution in [0.2, 0.25) is 0 Å². The number of hydrogen-bond acceptors (Lipinski definition) is 4. The monoisotopic (exact) mass is 288 g/mol. The predicted molar refractivity (Wildman–Crippen MR) is 82.7 cm³/mol. The van der Waals surface area contributed by atoms with Crippen LogP contribution < -0.4 is 4.74 Å². The summed E-state index contributed by atoms with van der Waals surface area (Å²) in [7, 11) is 1.65. The Morgan fingerprint density at radius 3 is 3.00 bits per heavy atom. The van der Waals surface area contributed by atoms with Gasteiger partial charge < -0.3 is 4.74 Å². The van der Waals surface area contributed by atoms with E-state index >= 15 is 0 Å². The molecule has 2 rings (SSSR count). The van der Waals surface area contributed by atoms with Crippen molar-refractivity contribution in [2.24, 2.45) is 5.10 Å². The van der Waals surface area contributed by atoms with Gasteiger partial charge in [0.05, 0.1) is 7.11 Å². The summed E-state index contributed by atoms with van der Waals surface area (Å²) in [5, 5.41) is 11.1. The molecule has 104 valence electrons. The van der Waals surface area contributed by atoms with Crippen LogP contribution in [0.3, 0.4) is 0 Å². The Bertz CT molecular complexity index is 684. The van der Waals surface area contributed by atoms with E-state index in [1.165, 1.54) is 0 Å². The number of rotatable bonds is 5. The van der Waals surface area contributed by atoms with Crippen LogP contribution in [0.1, 0.15) is 18.3 Å². The van der Waals surface area contributed by atoms with Gasteiger partial charge in [0, 0.05) is 18.2 Å². The number of hydrogen-bond donors (Lipinski definition) is 1. The number of allylic oxidation sites excluding steroid dienone is 1. The molecular weight excluding hydrogens is 272 g/mol. The third-order valence-corrected chi connectivity index (χ3v) is 2.98. The molecule has 0 aliphatic heterocycles. The molecule has 20 heavy (non-hydrogen) atoms. The summed E-state index contributed by atoms with van der Waals surface area (Å²) in [6.45, 7) is 2.00. The van der Waals surface area contributed by atoms with Crippen molar-refractivity contribution in [1.82, 2.24) is 14.9 Å². The lowest BCUT2D eigenvalue weighted by atomic mass is 10.2. The predicted octanol–water partition coefficient (Wildman–Crippen LogP) is 3.06. The number of benzene rings is 1. The fourth-order valence-corrected chi connectivity index (χ4v) is 1.93. The molecule has 0 unspecified atom stereocenters. The first-order valence-electron chi connectivity index (χ1n) is 6.26. The molecule has 0 amide bonds. The topological polar surface area (TPSA) is 55.2 Å². The third-order valence-electron chi connectivity index (χ3n) is 2.72. The molecule has 0 radical (unpaired) electrons. The molecule has 0 spiro atoms. The molecule has 1 aromatic carbocycles. The molecule has 2 aromatic rings. The van der Waals surface area contributed by atoms with E-state index in [4.69, 9.17) is 17.0 Å². The van der Waals surface area contributed by atoms with Gasteiger partial charge in [-0.1, -0.05) is 25.1 Å². The Morgan fingerprint density at radius 1 is 1.45 bits per heavy atom. The van der Waals surface area contributed by atoms with Crippen LogP contribution in [0, 0.1) is 4.77 Å². The molecule has 1 heterocycles. The van der Waals surface area contributed by atoms with Gasteiger partial charge in [0.2, 0.25) is 4.77 Å². The number of nitrogens with zero attached hydrogens (tertiary/aromatic N) is 3. The van der Waals surface area contributed by atoms with Gasteiger partial charge in [0.25, 0.3) is 0 Å². The van der Waals surface area contributed by atoms with E-state index in [1.54, 1.807) is 18.0 Å². The van der Waals surface area contributed by atoms with Gasteiger partial charge >= 0.3 is 0 Å². The smallest absolute Gasteiger partial charge is 0.216 e. The molecular formula is C14H16N4OS. The molecule has 6 heteroatoms. The van der Waals surface area contributed by atoms with Crippen molar-refractivity contribution in [3.05, 3.63) is 46.5 Å². The summed E-state index contributed by atoms with van der Waals surface area (Å²) in [5.74, 6) is 1.63. The largest absolute Gasteiger partial charge is 0.496 e. The number of aromatic nitrogens is 3. The first kappa shape index (κ1) is 14.2. The number of para-hydroxylation sites is 1.